The minimum absolute atomic E-state index is 0.205. The lowest BCUT2D eigenvalue weighted by Crippen LogP contribution is -2.08. The minimum Gasteiger partial charge on any atom is -0.306 e. The van der Waals surface area contributed by atoms with Crippen LogP contribution in [0.4, 0.5) is 5.82 Å². The normalized spacial score (nSPS) is 10.8. The maximum absolute atomic E-state index is 11.4. The van der Waals surface area contributed by atoms with Crippen LogP contribution in [0, 0.1) is 0 Å². The summed E-state index contributed by atoms with van der Waals surface area (Å²) in [4.78, 5) is 11.4. The second-order valence-electron chi connectivity index (χ2n) is 5.89. The van der Waals surface area contributed by atoms with Crippen LogP contribution in [0.3, 0.4) is 0 Å². The van der Waals surface area contributed by atoms with Gasteiger partial charge in [0.15, 0.2) is 16.7 Å². The van der Waals surface area contributed by atoms with E-state index in [0.717, 1.165) is 11.4 Å². The Morgan fingerprint density at radius 1 is 1.04 bits per heavy atom. The molecule has 1 amide bonds. The number of nitrogens with zero attached hydrogens (tertiary/aromatic N) is 5. The first-order valence-electron chi connectivity index (χ1n) is 8.50. The summed E-state index contributed by atoms with van der Waals surface area (Å²) in [6.07, 6.45) is 0. The van der Waals surface area contributed by atoms with Crippen molar-refractivity contribution in [1.29, 1.82) is 0 Å². The van der Waals surface area contributed by atoms with Gasteiger partial charge in [0.1, 0.15) is 0 Å². The van der Waals surface area contributed by atoms with Gasteiger partial charge in [0.05, 0.1) is 0 Å². The molecule has 0 unspecified atom stereocenters. The van der Waals surface area contributed by atoms with Crippen LogP contribution in [0.5, 0.6) is 0 Å². The molecular formula is C19H16N6O2S. The molecule has 0 spiro atoms. The summed E-state index contributed by atoms with van der Waals surface area (Å²) in [5.74, 6) is 1.10. The Kier molecular flexibility index (Phi) is 5.16. The van der Waals surface area contributed by atoms with Crippen molar-refractivity contribution in [3.05, 3.63) is 66.2 Å². The molecule has 2 aromatic carbocycles. The number of thioether (sulfide) groups is 1. The zero-order valence-electron chi connectivity index (χ0n) is 14.9. The predicted molar refractivity (Wildman–Crippen MR) is 105 cm³/mol. The number of para-hydroxylation sites is 1. The Balaban J connectivity index is 1.74. The zero-order chi connectivity index (χ0) is 19.3. The first-order chi connectivity index (χ1) is 13.7. The van der Waals surface area contributed by atoms with Gasteiger partial charge in [-0.2, -0.15) is 0 Å². The maximum Gasteiger partial charge on any atom is 0.222 e. The number of rotatable bonds is 6. The Bertz CT molecular complexity index is 1080. The second kappa shape index (κ2) is 8.05. The summed E-state index contributed by atoms with van der Waals surface area (Å²) >= 11 is 1.56. The van der Waals surface area contributed by atoms with Gasteiger partial charge in [-0.1, -0.05) is 60.3 Å². The lowest BCUT2D eigenvalue weighted by Gasteiger charge is -2.09. The molecule has 4 rings (SSSR count). The largest absolute Gasteiger partial charge is 0.306 e. The fourth-order valence-electron chi connectivity index (χ4n) is 2.63. The molecule has 2 aromatic heterocycles. The molecule has 0 atom stereocenters. The Labute approximate surface area is 164 Å². The SMILES string of the molecule is CC(=O)Nc1nonc1-c1nnc(SCc2ccccc2)n1-c1ccccc1. The molecule has 0 aliphatic carbocycles. The number of carbonyl (C=O) groups is 1. The summed E-state index contributed by atoms with van der Waals surface area (Å²) in [6, 6.07) is 19.8. The minimum atomic E-state index is -0.276. The molecule has 8 nitrogen and oxygen atoms in total. The first kappa shape index (κ1) is 17.9. The molecule has 28 heavy (non-hydrogen) atoms. The summed E-state index contributed by atoms with van der Waals surface area (Å²) in [5, 5.41) is 19.6. The van der Waals surface area contributed by atoms with Crippen molar-refractivity contribution in [3.8, 4) is 17.2 Å². The van der Waals surface area contributed by atoms with Crippen LogP contribution < -0.4 is 5.32 Å². The highest BCUT2D eigenvalue weighted by molar-refractivity contribution is 7.98. The van der Waals surface area contributed by atoms with Gasteiger partial charge in [-0.05, 0) is 28.0 Å². The van der Waals surface area contributed by atoms with Crippen LogP contribution in [-0.2, 0) is 10.5 Å². The number of nitrogens with one attached hydrogen (secondary N) is 1. The number of aromatic nitrogens is 5. The van der Waals surface area contributed by atoms with Gasteiger partial charge < -0.3 is 5.32 Å². The third-order valence-electron chi connectivity index (χ3n) is 3.85. The van der Waals surface area contributed by atoms with Crippen molar-refractivity contribution in [2.45, 2.75) is 17.8 Å². The van der Waals surface area contributed by atoms with Gasteiger partial charge in [0.2, 0.25) is 11.7 Å². The lowest BCUT2D eigenvalue weighted by molar-refractivity contribution is -0.114. The third kappa shape index (κ3) is 3.79. The number of anilines is 1. The van der Waals surface area contributed by atoms with Gasteiger partial charge >= 0.3 is 0 Å². The quantitative estimate of drug-likeness (QED) is 0.501. The third-order valence-corrected chi connectivity index (χ3v) is 4.85. The van der Waals surface area contributed by atoms with E-state index in [2.05, 4.69) is 38.0 Å². The van der Waals surface area contributed by atoms with E-state index in [-0.39, 0.29) is 11.7 Å². The fraction of sp³-hybridized carbons (Fsp3) is 0.105. The van der Waals surface area contributed by atoms with Crippen molar-refractivity contribution >= 4 is 23.5 Å². The molecule has 4 aromatic rings. The first-order valence-corrected chi connectivity index (χ1v) is 9.49. The van der Waals surface area contributed by atoms with E-state index in [1.54, 1.807) is 11.8 Å². The second-order valence-corrected chi connectivity index (χ2v) is 6.84. The van der Waals surface area contributed by atoms with E-state index in [1.807, 2.05) is 53.1 Å². The average Bonchev–Trinajstić information content (AvgIpc) is 3.33. The molecule has 0 radical (unpaired) electrons. The standard InChI is InChI=1S/C19H16N6O2S/c1-13(26)20-17-16(23-27-24-17)18-21-22-19(25(18)15-10-6-3-7-11-15)28-12-14-8-4-2-5-9-14/h2-11H,12H2,1H3,(H,20,24,26). The van der Waals surface area contributed by atoms with E-state index in [4.69, 9.17) is 4.63 Å². The van der Waals surface area contributed by atoms with Gasteiger partial charge in [0, 0.05) is 18.4 Å². The van der Waals surface area contributed by atoms with Crippen molar-refractivity contribution in [3.63, 3.8) is 0 Å². The van der Waals surface area contributed by atoms with Crippen molar-refractivity contribution in [1.82, 2.24) is 25.1 Å². The molecule has 0 aliphatic rings. The molecule has 1 N–H and O–H groups in total. The van der Waals surface area contributed by atoms with Crippen LogP contribution in [-0.4, -0.2) is 31.0 Å². The number of amides is 1. The van der Waals surface area contributed by atoms with Crippen LogP contribution in [0.2, 0.25) is 0 Å². The van der Waals surface area contributed by atoms with Gasteiger partial charge in [-0.25, -0.2) is 4.63 Å². The van der Waals surface area contributed by atoms with Gasteiger partial charge in [-0.15, -0.1) is 10.2 Å². The summed E-state index contributed by atoms with van der Waals surface area (Å²) in [6.45, 7) is 1.39. The monoisotopic (exact) mass is 392 g/mol. The van der Waals surface area contributed by atoms with Crippen molar-refractivity contribution in [2.24, 2.45) is 0 Å². The number of carbonyl (C=O) groups excluding carboxylic acids is 1. The highest BCUT2D eigenvalue weighted by Crippen LogP contribution is 2.31. The molecular weight excluding hydrogens is 376 g/mol. The molecule has 2 heterocycles. The molecule has 140 valence electrons. The summed E-state index contributed by atoms with van der Waals surface area (Å²) in [5.41, 5.74) is 2.37. The summed E-state index contributed by atoms with van der Waals surface area (Å²) in [7, 11) is 0. The predicted octanol–water partition coefficient (Wildman–Crippen LogP) is 3.57. The Hall–Kier alpha value is -3.46. The molecule has 0 fully saturated rings. The van der Waals surface area contributed by atoms with E-state index in [0.29, 0.717) is 16.7 Å². The molecule has 0 saturated heterocycles. The molecule has 9 heteroatoms. The average molecular weight is 392 g/mol. The van der Waals surface area contributed by atoms with Crippen molar-refractivity contribution in [2.75, 3.05) is 5.32 Å². The molecule has 0 bridgehead atoms. The fourth-order valence-corrected chi connectivity index (χ4v) is 3.54. The zero-order valence-corrected chi connectivity index (χ0v) is 15.8. The van der Waals surface area contributed by atoms with Crippen LogP contribution in [0.1, 0.15) is 12.5 Å². The maximum atomic E-state index is 11.4. The van der Waals surface area contributed by atoms with E-state index in [1.165, 1.54) is 12.5 Å². The van der Waals surface area contributed by atoms with E-state index in [9.17, 15) is 4.79 Å². The Morgan fingerprint density at radius 3 is 2.46 bits per heavy atom. The number of benzene rings is 2. The van der Waals surface area contributed by atoms with Gasteiger partial charge in [-0.3, -0.25) is 9.36 Å². The van der Waals surface area contributed by atoms with E-state index < -0.39 is 0 Å². The van der Waals surface area contributed by atoms with Crippen molar-refractivity contribution < 1.29 is 9.42 Å². The lowest BCUT2D eigenvalue weighted by atomic mass is 10.2. The van der Waals surface area contributed by atoms with Crippen LogP contribution >= 0.6 is 11.8 Å². The highest BCUT2D eigenvalue weighted by atomic mass is 32.2. The number of hydrogen-bond acceptors (Lipinski definition) is 7. The Morgan fingerprint density at radius 2 is 1.75 bits per heavy atom. The smallest absolute Gasteiger partial charge is 0.222 e. The molecule has 0 saturated carbocycles. The topological polar surface area (TPSA) is 98.7 Å². The van der Waals surface area contributed by atoms with E-state index >= 15 is 0 Å². The van der Waals surface area contributed by atoms with Crippen LogP contribution in [0.15, 0.2) is 70.4 Å². The highest BCUT2D eigenvalue weighted by Gasteiger charge is 2.23. The van der Waals surface area contributed by atoms with Gasteiger partial charge in [0.25, 0.3) is 0 Å². The van der Waals surface area contributed by atoms with Crippen LogP contribution in [0.25, 0.3) is 17.2 Å². The summed E-state index contributed by atoms with van der Waals surface area (Å²) < 4.78 is 6.70. The molecule has 0 aliphatic heterocycles. The number of hydrogen-bond donors (Lipinski definition) is 1.